The van der Waals surface area contributed by atoms with Crippen LogP contribution in [0.15, 0.2) is 54.7 Å². The summed E-state index contributed by atoms with van der Waals surface area (Å²) in [5, 5.41) is 12.5. The Morgan fingerprint density at radius 3 is 2.70 bits per heavy atom. The van der Waals surface area contributed by atoms with Crippen LogP contribution in [-0.2, 0) is 24.1 Å². The summed E-state index contributed by atoms with van der Waals surface area (Å²) in [5.74, 6) is -0.429. The minimum atomic E-state index is -4.45. The quantitative estimate of drug-likeness (QED) is 0.280. The van der Waals surface area contributed by atoms with Gasteiger partial charge in [-0.3, -0.25) is 4.79 Å². The molecule has 0 aliphatic carbocycles. The van der Waals surface area contributed by atoms with Crippen molar-refractivity contribution >= 4 is 28.3 Å². The fourth-order valence-electron chi connectivity index (χ4n) is 3.35. The highest BCUT2D eigenvalue weighted by atomic mass is 32.1. The van der Waals surface area contributed by atoms with Crippen LogP contribution in [-0.4, -0.2) is 27.6 Å². The molecule has 3 aromatic heterocycles. The molecular weight excluding hydrogens is 455 g/mol. The Morgan fingerprint density at radius 1 is 1.18 bits per heavy atom. The molecule has 0 unspecified atom stereocenters. The van der Waals surface area contributed by atoms with Gasteiger partial charge >= 0.3 is 12.1 Å². The van der Waals surface area contributed by atoms with Crippen LogP contribution < -0.4 is 10.1 Å². The van der Waals surface area contributed by atoms with E-state index in [2.05, 4.69) is 15.3 Å². The topological polar surface area (TPSA) is 87.2 Å². The van der Waals surface area contributed by atoms with Crippen molar-refractivity contribution in [3.05, 3.63) is 70.2 Å². The number of carbonyl (C=O) groups is 1. The van der Waals surface area contributed by atoms with Crippen LogP contribution in [0.2, 0.25) is 0 Å². The summed E-state index contributed by atoms with van der Waals surface area (Å²) in [4.78, 5) is 17.8. The molecule has 3 heterocycles. The number of H-pyrrole nitrogens is 1. The molecule has 1 aromatic carbocycles. The molecule has 0 amide bonds. The SMILES string of the molecule is O=C(O)CCNCc1cc2cc(OCc3cc(-c4ccccc4)c(C(F)(F)F)s3)cnc2[nH]1. The zero-order valence-electron chi connectivity index (χ0n) is 17.3. The molecule has 172 valence electrons. The Kier molecular flexibility index (Phi) is 6.66. The monoisotopic (exact) mass is 475 g/mol. The summed E-state index contributed by atoms with van der Waals surface area (Å²) in [7, 11) is 0. The first kappa shape index (κ1) is 22.8. The largest absolute Gasteiger partial charge is 0.486 e. The summed E-state index contributed by atoms with van der Waals surface area (Å²) in [5.41, 5.74) is 2.12. The van der Waals surface area contributed by atoms with Gasteiger partial charge in [0.05, 0.1) is 12.6 Å². The summed E-state index contributed by atoms with van der Waals surface area (Å²) < 4.78 is 46.4. The van der Waals surface area contributed by atoms with Gasteiger partial charge in [0.1, 0.15) is 22.9 Å². The minimum Gasteiger partial charge on any atom is -0.486 e. The van der Waals surface area contributed by atoms with E-state index in [9.17, 15) is 18.0 Å². The number of alkyl halides is 3. The zero-order chi connectivity index (χ0) is 23.4. The van der Waals surface area contributed by atoms with E-state index < -0.39 is 17.0 Å². The van der Waals surface area contributed by atoms with Crippen molar-refractivity contribution in [3.8, 4) is 16.9 Å². The number of benzene rings is 1. The second-order valence-electron chi connectivity index (χ2n) is 7.33. The van der Waals surface area contributed by atoms with Gasteiger partial charge in [0.25, 0.3) is 0 Å². The molecule has 0 atom stereocenters. The van der Waals surface area contributed by atoms with Gasteiger partial charge in [-0.1, -0.05) is 30.3 Å². The van der Waals surface area contributed by atoms with Crippen LogP contribution in [0.25, 0.3) is 22.2 Å². The predicted octanol–water partition coefficient (Wildman–Crippen LogP) is 5.45. The fourth-order valence-corrected chi connectivity index (χ4v) is 4.31. The summed E-state index contributed by atoms with van der Waals surface area (Å²) in [6.07, 6.45) is -2.91. The standard InChI is InChI=1S/C23H20F3N3O3S/c24-23(25,26)21-19(14-4-2-1-3-5-14)10-18(33-21)13-32-17-9-15-8-16(29-22(15)28-12-17)11-27-7-6-20(30)31/h1-5,8-10,12,27H,6-7,11,13H2,(H,28,29)(H,30,31). The number of fused-ring (bicyclic) bond motifs is 1. The van der Waals surface area contributed by atoms with Crippen LogP contribution in [0.4, 0.5) is 13.2 Å². The number of halogens is 3. The molecule has 0 bridgehead atoms. The molecular formula is C23H20F3N3O3S. The lowest BCUT2D eigenvalue weighted by Gasteiger charge is -2.07. The number of hydrogen-bond donors (Lipinski definition) is 3. The summed E-state index contributed by atoms with van der Waals surface area (Å²) in [6, 6.07) is 13.6. The van der Waals surface area contributed by atoms with Gasteiger partial charge in [0.15, 0.2) is 0 Å². The number of aromatic nitrogens is 2. The van der Waals surface area contributed by atoms with E-state index in [0.717, 1.165) is 11.1 Å². The molecule has 0 radical (unpaired) electrons. The number of nitrogens with zero attached hydrogens (tertiary/aromatic N) is 1. The van der Waals surface area contributed by atoms with Gasteiger partial charge in [-0.05, 0) is 23.8 Å². The van der Waals surface area contributed by atoms with Gasteiger partial charge in [-0.25, -0.2) is 4.98 Å². The van der Waals surface area contributed by atoms with E-state index >= 15 is 0 Å². The number of rotatable bonds is 9. The third kappa shape index (κ3) is 5.71. The van der Waals surface area contributed by atoms with Gasteiger partial charge in [0, 0.05) is 34.6 Å². The first-order valence-corrected chi connectivity index (χ1v) is 10.9. The van der Waals surface area contributed by atoms with E-state index in [4.69, 9.17) is 9.84 Å². The van der Waals surface area contributed by atoms with E-state index in [0.29, 0.717) is 46.3 Å². The average molecular weight is 475 g/mol. The Balaban J connectivity index is 1.46. The normalized spacial score (nSPS) is 11.7. The van der Waals surface area contributed by atoms with E-state index in [1.54, 1.807) is 36.4 Å². The van der Waals surface area contributed by atoms with Crippen LogP contribution in [0, 0.1) is 0 Å². The molecule has 0 aliphatic rings. The van der Waals surface area contributed by atoms with Gasteiger partial charge < -0.3 is 20.1 Å². The lowest BCUT2D eigenvalue weighted by Crippen LogP contribution is -2.17. The number of carboxylic acids is 1. The van der Waals surface area contributed by atoms with Gasteiger partial charge in [0.2, 0.25) is 0 Å². The molecule has 33 heavy (non-hydrogen) atoms. The Hall–Kier alpha value is -3.37. The smallest absolute Gasteiger partial charge is 0.426 e. The maximum absolute atomic E-state index is 13.6. The fraction of sp³-hybridized carbons (Fsp3) is 0.217. The lowest BCUT2D eigenvalue weighted by molar-refractivity contribution is -0.137. The number of nitrogens with one attached hydrogen (secondary N) is 2. The van der Waals surface area contributed by atoms with Crippen LogP contribution >= 0.6 is 11.3 Å². The lowest BCUT2D eigenvalue weighted by atomic mass is 10.1. The number of pyridine rings is 1. The summed E-state index contributed by atoms with van der Waals surface area (Å²) >= 11 is 0.675. The molecule has 0 saturated carbocycles. The molecule has 10 heteroatoms. The zero-order valence-corrected chi connectivity index (χ0v) is 18.1. The first-order valence-electron chi connectivity index (χ1n) is 10.1. The number of aromatic amines is 1. The minimum absolute atomic E-state index is 0.0121. The van der Waals surface area contributed by atoms with Crippen molar-refractivity contribution in [3.63, 3.8) is 0 Å². The highest BCUT2D eigenvalue weighted by Gasteiger charge is 2.36. The second kappa shape index (κ2) is 9.63. The third-order valence-electron chi connectivity index (χ3n) is 4.84. The predicted molar refractivity (Wildman–Crippen MR) is 119 cm³/mol. The number of ether oxygens (including phenoxy) is 1. The van der Waals surface area contributed by atoms with Crippen molar-refractivity contribution in [1.82, 2.24) is 15.3 Å². The highest BCUT2D eigenvalue weighted by molar-refractivity contribution is 7.12. The molecule has 4 rings (SSSR count). The number of aliphatic carboxylic acids is 1. The van der Waals surface area contributed by atoms with E-state index in [-0.39, 0.29) is 18.6 Å². The molecule has 0 spiro atoms. The molecule has 0 saturated heterocycles. The number of hydrogen-bond acceptors (Lipinski definition) is 5. The highest BCUT2D eigenvalue weighted by Crippen LogP contribution is 2.43. The van der Waals surface area contributed by atoms with Crippen molar-refractivity contribution in [2.75, 3.05) is 6.54 Å². The summed E-state index contributed by atoms with van der Waals surface area (Å²) in [6.45, 7) is 0.789. The van der Waals surface area contributed by atoms with Gasteiger partial charge in [-0.15, -0.1) is 11.3 Å². The molecule has 4 aromatic rings. The Bertz CT molecular complexity index is 1250. The first-order chi connectivity index (χ1) is 15.8. The van der Waals surface area contributed by atoms with E-state index in [1.807, 2.05) is 6.07 Å². The van der Waals surface area contributed by atoms with Crippen molar-refractivity contribution in [2.45, 2.75) is 25.7 Å². The third-order valence-corrected chi connectivity index (χ3v) is 5.99. The molecule has 3 N–H and O–H groups in total. The maximum Gasteiger partial charge on any atom is 0.426 e. The van der Waals surface area contributed by atoms with Crippen LogP contribution in [0.1, 0.15) is 21.9 Å². The van der Waals surface area contributed by atoms with Crippen molar-refractivity contribution in [2.24, 2.45) is 0 Å². The molecule has 0 fully saturated rings. The van der Waals surface area contributed by atoms with E-state index in [1.165, 1.54) is 12.3 Å². The van der Waals surface area contributed by atoms with Crippen LogP contribution in [0.5, 0.6) is 5.75 Å². The number of carboxylic acid groups (broad SMARTS) is 1. The van der Waals surface area contributed by atoms with Crippen molar-refractivity contribution < 1.29 is 27.8 Å². The average Bonchev–Trinajstić information content (AvgIpc) is 3.39. The Labute approximate surface area is 191 Å². The van der Waals surface area contributed by atoms with Crippen molar-refractivity contribution in [1.29, 1.82) is 0 Å². The van der Waals surface area contributed by atoms with Crippen LogP contribution in [0.3, 0.4) is 0 Å². The Morgan fingerprint density at radius 2 is 1.97 bits per heavy atom. The molecule has 6 nitrogen and oxygen atoms in total. The van der Waals surface area contributed by atoms with Gasteiger partial charge in [-0.2, -0.15) is 13.2 Å². The number of thiophene rings is 1. The molecule has 0 aliphatic heterocycles. The maximum atomic E-state index is 13.6. The second-order valence-corrected chi connectivity index (χ2v) is 8.47.